The molecular weight excluding hydrogens is 444 g/mol. The third-order valence-electron chi connectivity index (χ3n) is 6.39. The summed E-state index contributed by atoms with van der Waals surface area (Å²) in [7, 11) is 0. The molecule has 188 valence electrons. The van der Waals surface area contributed by atoms with Crippen molar-refractivity contribution in [2.75, 3.05) is 13.2 Å². The lowest BCUT2D eigenvalue weighted by atomic mass is 9.88. The second-order valence-corrected chi connectivity index (χ2v) is 10.0. The molecule has 2 aromatic carbocycles. The summed E-state index contributed by atoms with van der Waals surface area (Å²) < 4.78 is 5.58. The molecule has 0 aliphatic heterocycles. The molecule has 0 bridgehead atoms. The van der Waals surface area contributed by atoms with Gasteiger partial charge in [0.2, 0.25) is 5.91 Å². The molecule has 7 nitrogen and oxygen atoms in total. The van der Waals surface area contributed by atoms with Crippen molar-refractivity contribution in [1.29, 1.82) is 0 Å². The maximum Gasteiger partial charge on any atom is 0.407 e. The Labute approximate surface area is 207 Å². The molecule has 2 amide bonds. The summed E-state index contributed by atoms with van der Waals surface area (Å²) >= 11 is 0. The zero-order valence-electron chi connectivity index (χ0n) is 20.8. The smallest absolute Gasteiger partial charge is 0.407 e. The van der Waals surface area contributed by atoms with E-state index >= 15 is 0 Å². The molecule has 0 heterocycles. The lowest BCUT2D eigenvalue weighted by Crippen LogP contribution is -2.41. The monoisotopic (exact) mass is 480 g/mol. The summed E-state index contributed by atoms with van der Waals surface area (Å²) in [5, 5.41) is 14.7. The third kappa shape index (κ3) is 7.31. The van der Waals surface area contributed by atoms with Gasteiger partial charge >= 0.3 is 12.1 Å². The van der Waals surface area contributed by atoms with E-state index in [2.05, 4.69) is 34.9 Å². The van der Waals surface area contributed by atoms with Crippen molar-refractivity contribution in [3.05, 3.63) is 59.7 Å². The lowest BCUT2D eigenvalue weighted by Gasteiger charge is -2.26. The Balaban J connectivity index is 1.49. The number of fused-ring (bicyclic) bond motifs is 3. The molecule has 2 aromatic rings. The van der Waals surface area contributed by atoms with E-state index in [1.54, 1.807) is 0 Å². The van der Waals surface area contributed by atoms with E-state index in [0.29, 0.717) is 6.42 Å². The van der Waals surface area contributed by atoms with Crippen LogP contribution in [0.3, 0.4) is 0 Å². The van der Waals surface area contributed by atoms with Crippen LogP contribution in [0.15, 0.2) is 48.5 Å². The van der Waals surface area contributed by atoms with Gasteiger partial charge in [-0.3, -0.25) is 9.59 Å². The Morgan fingerprint density at radius 1 is 1.03 bits per heavy atom. The Morgan fingerprint density at radius 2 is 1.63 bits per heavy atom. The van der Waals surface area contributed by atoms with E-state index in [-0.39, 0.29) is 43.9 Å². The molecule has 0 unspecified atom stereocenters. The van der Waals surface area contributed by atoms with E-state index in [9.17, 15) is 14.4 Å². The number of carboxylic acids is 1. The first-order valence-electron chi connectivity index (χ1n) is 12.3. The molecule has 1 aliphatic carbocycles. The molecule has 3 N–H and O–H groups in total. The zero-order valence-corrected chi connectivity index (χ0v) is 20.8. The van der Waals surface area contributed by atoms with Crippen LogP contribution in [0, 0.1) is 5.41 Å². The van der Waals surface area contributed by atoms with Gasteiger partial charge in [-0.25, -0.2) is 4.79 Å². The van der Waals surface area contributed by atoms with Gasteiger partial charge in [0.1, 0.15) is 6.61 Å². The van der Waals surface area contributed by atoms with Gasteiger partial charge in [-0.05, 0) is 34.1 Å². The first-order chi connectivity index (χ1) is 16.7. The number of aliphatic carboxylic acids is 1. The van der Waals surface area contributed by atoms with Crippen LogP contribution >= 0.6 is 0 Å². The molecule has 0 spiro atoms. The predicted octanol–water partition coefficient (Wildman–Crippen LogP) is 5.09. The van der Waals surface area contributed by atoms with Crippen molar-refractivity contribution >= 4 is 18.0 Å². The first kappa shape index (κ1) is 26.3. The minimum atomic E-state index is -0.928. The molecular formula is C28H36N2O5. The maximum absolute atomic E-state index is 12.5. The van der Waals surface area contributed by atoms with Crippen molar-refractivity contribution < 1.29 is 24.2 Å². The van der Waals surface area contributed by atoms with Crippen LogP contribution in [0.5, 0.6) is 0 Å². The summed E-state index contributed by atoms with van der Waals surface area (Å²) in [5.41, 5.74) is 4.12. The van der Waals surface area contributed by atoms with Gasteiger partial charge in [0, 0.05) is 24.9 Å². The molecule has 0 saturated carbocycles. The van der Waals surface area contributed by atoms with E-state index < -0.39 is 17.5 Å². The molecule has 7 heteroatoms. The number of carboxylic acid groups (broad SMARTS) is 1. The van der Waals surface area contributed by atoms with Crippen molar-refractivity contribution in [2.24, 2.45) is 5.41 Å². The first-order valence-corrected chi connectivity index (χ1v) is 12.3. The molecule has 1 atom stereocenters. The summed E-state index contributed by atoms with van der Waals surface area (Å²) in [6.45, 7) is 6.28. The fraction of sp³-hybridized carbons (Fsp3) is 0.464. The van der Waals surface area contributed by atoms with Crippen LogP contribution in [0.1, 0.15) is 69.9 Å². The number of unbranched alkanes of at least 4 members (excludes halogenated alkanes) is 1. The Kier molecular flexibility index (Phi) is 8.90. The van der Waals surface area contributed by atoms with Crippen molar-refractivity contribution in [3.8, 4) is 11.1 Å². The average Bonchev–Trinajstić information content (AvgIpc) is 3.13. The van der Waals surface area contributed by atoms with Gasteiger partial charge in [-0.1, -0.05) is 82.1 Å². The number of rotatable bonds is 12. The number of benzene rings is 2. The number of carbonyl (C=O) groups excluding carboxylic acids is 2. The van der Waals surface area contributed by atoms with Crippen LogP contribution in [0.25, 0.3) is 11.1 Å². The maximum atomic E-state index is 12.5. The van der Waals surface area contributed by atoms with Crippen molar-refractivity contribution in [3.63, 3.8) is 0 Å². The van der Waals surface area contributed by atoms with Crippen molar-refractivity contribution in [2.45, 2.75) is 64.8 Å². The highest BCUT2D eigenvalue weighted by Crippen LogP contribution is 2.44. The van der Waals surface area contributed by atoms with E-state index in [4.69, 9.17) is 9.84 Å². The minimum Gasteiger partial charge on any atom is -0.481 e. The Morgan fingerprint density at radius 3 is 2.20 bits per heavy atom. The van der Waals surface area contributed by atoms with E-state index in [1.165, 1.54) is 11.1 Å². The van der Waals surface area contributed by atoms with Crippen LogP contribution in [-0.4, -0.2) is 42.3 Å². The second kappa shape index (κ2) is 11.9. The van der Waals surface area contributed by atoms with Gasteiger partial charge in [0.25, 0.3) is 0 Å². The molecule has 35 heavy (non-hydrogen) atoms. The number of ether oxygens (including phenoxy) is 1. The molecule has 0 fully saturated rings. The predicted molar refractivity (Wildman–Crippen MR) is 135 cm³/mol. The number of nitrogens with one attached hydrogen (secondary N) is 2. The lowest BCUT2D eigenvalue weighted by molar-refractivity contribution is -0.137. The van der Waals surface area contributed by atoms with Crippen molar-refractivity contribution in [1.82, 2.24) is 10.6 Å². The normalized spacial score (nSPS) is 13.5. The van der Waals surface area contributed by atoms with Gasteiger partial charge in [-0.2, -0.15) is 0 Å². The van der Waals surface area contributed by atoms with E-state index in [1.807, 2.05) is 45.0 Å². The van der Waals surface area contributed by atoms with Gasteiger partial charge in [0.15, 0.2) is 0 Å². The van der Waals surface area contributed by atoms with Crippen LogP contribution < -0.4 is 10.6 Å². The van der Waals surface area contributed by atoms with Crippen LogP contribution in [0.2, 0.25) is 0 Å². The Bertz CT molecular complexity index is 1000. The van der Waals surface area contributed by atoms with Crippen LogP contribution in [0.4, 0.5) is 4.79 Å². The highest BCUT2D eigenvalue weighted by Gasteiger charge is 2.30. The molecule has 3 rings (SSSR count). The number of alkyl carbamates (subject to hydrolysis) is 1. The molecule has 1 aliphatic rings. The average molecular weight is 481 g/mol. The Hall–Kier alpha value is -3.35. The van der Waals surface area contributed by atoms with E-state index in [0.717, 1.165) is 24.0 Å². The van der Waals surface area contributed by atoms with Crippen LogP contribution in [-0.2, 0) is 14.3 Å². The topological polar surface area (TPSA) is 105 Å². The number of amides is 2. The summed E-state index contributed by atoms with van der Waals surface area (Å²) in [6.07, 6.45) is 1.97. The molecule has 0 radical (unpaired) electrons. The molecule has 0 saturated heterocycles. The number of hydrogen-bond donors (Lipinski definition) is 3. The van der Waals surface area contributed by atoms with Gasteiger partial charge in [-0.15, -0.1) is 0 Å². The second-order valence-electron chi connectivity index (χ2n) is 10.0. The fourth-order valence-electron chi connectivity index (χ4n) is 4.62. The molecule has 0 aromatic heterocycles. The summed E-state index contributed by atoms with van der Waals surface area (Å²) in [6, 6.07) is 15.9. The highest BCUT2D eigenvalue weighted by molar-refractivity contribution is 5.79. The largest absolute Gasteiger partial charge is 0.481 e. The third-order valence-corrected chi connectivity index (χ3v) is 6.39. The SMILES string of the molecule is CCCC[C@@H](CC(=O)O)NC(=O)CC(C)(C)CNC(=O)OCC1c2ccccc2-c2ccccc21. The number of carbonyl (C=O) groups is 3. The summed E-state index contributed by atoms with van der Waals surface area (Å²) in [4.78, 5) is 36.1. The standard InChI is InChI=1S/C28H36N2O5/c1-4-5-10-19(15-26(32)33)30-25(31)16-28(2,3)18-29-27(34)35-17-24-22-13-8-6-11-20(22)21-12-7-9-14-23(21)24/h6-9,11-14,19,24H,4-5,10,15-18H2,1-3H3,(H,29,34)(H,30,31)(H,32,33)/t19-/m0/s1. The van der Waals surface area contributed by atoms with Gasteiger partial charge < -0.3 is 20.5 Å². The minimum absolute atomic E-state index is 0.0128. The van der Waals surface area contributed by atoms with Gasteiger partial charge in [0.05, 0.1) is 6.42 Å². The highest BCUT2D eigenvalue weighted by atomic mass is 16.5. The quantitative estimate of drug-likeness (QED) is 0.392. The zero-order chi connectivity index (χ0) is 25.4. The fourth-order valence-corrected chi connectivity index (χ4v) is 4.62. The number of hydrogen-bond acceptors (Lipinski definition) is 4. The summed E-state index contributed by atoms with van der Waals surface area (Å²) in [5.74, 6) is -1.16.